The third-order valence-corrected chi connectivity index (χ3v) is 17.0. The number of allylic oxidation sites excluding steroid dienone is 4. The van der Waals surface area contributed by atoms with Crippen LogP contribution in [0.3, 0.4) is 0 Å². The van der Waals surface area contributed by atoms with E-state index in [2.05, 4.69) is 43.5 Å². The van der Waals surface area contributed by atoms with Crippen molar-refractivity contribution in [2.45, 2.75) is 418 Å². The summed E-state index contributed by atoms with van der Waals surface area (Å²) in [5.74, 6) is -0.0191. The van der Waals surface area contributed by atoms with E-state index in [-0.39, 0.29) is 18.5 Å². The van der Waals surface area contributed by atoms with E-state index in [0.717, 1.165) is 51.4 Å². The first-order valence-corrected chi connectivity index (χ1v) is 36.1. The first-order valence-electron chi connectivity index (χ1n) is 36.1. The van der Waals surface area contributed by atoms with Crippen molar-refractivity contribution in [3.63, 3.8) is 0 Å². The summed E-state index contributed by atoms with van der Waals surface area (Å²) < 4.78 is 5.49. The van der Waals surface area contributed by atoms with Gasteiger partial charge in [-0.05, 0) is 51.4 Å². The molecule has 3 N–H and O–H groups in total. The molecule has 0 aliphatic rings. The highest BCUT2D eigenvalue weighted by Gasteiger charge is 2.20. The van der Waals surface area contributed by atoms with E-state index in [9.17, 15) is 19.8 Å². The van der Waals surface area contributed by atoms with Gasteiger partial charge in [-0.1, -0.05) is 366 Å². The standard InChI is InChI=1S/C73H141NO5/c1-3-5-7-9-11-13-15-17-43-47-51-55-59-63-67-73(78)79-68-64-60-56-52-48-44-40-38-36-34-32-30-28-26-24-22-20-18-19-21-23-25-27-29-31-33-35-37-39-42-46-50-54-58-62-66-72(77)74-70(69-75)71(76)65-61-57-53-49-45-41-16-14-12-10-8-6-4-2/h9,11,15,17,70-71,75-76H,3-8,10,12-14,16,18-69H2,1-2H3,(H,74,77)/b11-9-,17-15-. The number of nitrogens with one attached hydrogen (secondary N) is 1. The van der Waals surface area contributed by atoms with Gasteiger partial charge in [0.15, 0.2) is 0 Å². The molecule has 2 unspecified atom stereocenters. The van der Waals surface area contributed by atoms with Crippen molar-refractivity contribution in [3.8, 4) is 0 Å². The summed E-state index contributed by atoms with van der Waals surface area (Å²) in [6.07, 6.45) is 86.8. The highest BCUT2D eigenvalue weighted by Crippen LogP contribution is 2.19. The van der Waals surface area contributed by atoms with E-state index in [4.69, 9.17) is 4.74 Å². The molecular formula is C73H141NO5. The van der Waals surface area contributed by atoms with Crippen molar-refractivity contribution in [2.24, 2.45) is 0 Å². The number of hydrogen-bond acceptors (Lipinski definition) is 5. The number of rotatable bonds is 68. The second-order valence-corrected chi connectivity index (χ2v) is 24.9. The average molecular weight is 1110 g/mol. The van der Waals surface area contributed by atoms with Gasteiger partial charge in [0.25, 0.3) is 0 Å². The Morgan fingerprint density at radius 1 is 0.354 bits per heavy atom. The van der Waals surface area contributed by atoms with Crippen molar-refractivity contribution in [2.75, 3.05) is 13.2 Å². The van der Waals surface area contributed by atoms with Gasteiger partial charge in [0, 0.05) is 12.8 Å². The van der Waals surface area contributed by atoms with Crippen LogP contribution in [0.5, 0.6) is 0 Å². The Morgan fingerprint density at radius 2 is 0.646 bits per heavy atom. The van der Waals surface area contributed by atoms with Crippen LogP contribution in [-0.2, 0) is 14.3 Å². The fourth-order valence-electron chi connectivity index (χ4n) is 11.5. The average Bonchev–Trinajstić information content (AvgIpc) is 3.45. The molecule has 2 atom stereocenters. The van der Waals surface area contributed by atoms with E-state index in [1.54, 1.807) is 0 Å². The molecule has 0 rings (SSSR count). The molecule has 0 fully saturated rings. The third-order valence-electron chi connectivity index (χ3n) is 17.0. The topological polar surface area (TPSA) is 95.9 Å². The number of aliphatic hydroxyl groups is 2. The fraction of sp³-hybridized carbons (Fsp3) is 0.918. The Kier molecular flexibility index (Phi) is 67.4. The number of carbonyl (C=O) groups is 2. The highest BCUT2D eigenvalue weighted by atomic mass is 16.5. The number of esters is 1. The van der Waals surface area contributed by atoms with Gasteiger partial charge in [-0.15, -0.1) is 0 Å². The maximum absolute atomic E-state index is 12.5. The minimum Gasteiger partial charge on any atom is -0.466 e. The van der Waals surface area contributed by atoms with Gasteiger partial charge in [0.05, 0.1) is 25.4 Å². The molecule has 6 nitrogen and oxygen atoms in total. The van der Waals surface area contributed by atoms with Crippen LogP contribution in [-0.4, -0.2) is 47.4 Å². The van der Waals surface area contributed by atoms with Crippen LogP contribution in [0.25, 0.3) is 0 Å². The molecule has 0 saturated carbocycles. The summed E-state index contributed by atoms with van der Waals surface area (Å²) >= 11 is 0. The summed E-state index contributed by atoms with van der Waals surface area (Å²) in [6, 6.07) is -0.536. The van der Waals surface area contributed by atoms with Crippen LogP contribution in [0.4, 0.5) is 0 Å². The lowest BCUT2D eigenvalue weighted by Gasteiger charge is -2.22. The molecule has 0 spiro atoms. The summed E-state index contributed by atoms with van der Waals surface area (Å²) in [5, 5.41) is 23.3. The molecule has 0 radical (unpaired) electrons. The van der Waals surface area contributed by atoms with Gasteiger partial charge >= 0.3 is 5.97 Å². The van der Waals surface area contributed by atoms with Crippen molar-refractivity contribution >= 4 is 11.9 Å². The van der Waals surface area contributed by atoms with Crippen LogP contribution >= 0.6 is 0 Å². The number of aliphatic hydroxyl groups excluding tert-OH is 2. The van der Waals surface area contributed by atoms with Crippen LogP contribution in [0.15, 0.2) is 24.3 Å². The molecule has 0 aromatic carbocycles. The molecule has 79 heavy (non-hydrogen) atoms. The SMILES string of the molecule is CCCC/C=C\C/C=C\CCCCCCCC(=O)OCCCCCCCCCCCCCCCCCCCCCCCCCCCCCCCCCCCCCC(=O)NC(CO)C(O)CCCCCCCCCCCCCCC. The van der Waals surface area contributed by atoms with Gasteiger partial charge in [0.1, 0.15) is 0 Å². The Morgan fingerprint density at radius 3 is 1.00 bits per heavy atom. The Bertz CT molecular complexity index is 1230. The van der Waals surface area contributed by atoms with Gasteiger partial charge in [0.2, 0.25) is 5.91 Å². The molecule has 0 bridgehead atoms. The fourth-order valence-corrected chi connectivity index (χ4v) is 11.5. The predicted octanol–water partition coefficient (Wildman–Crippen LogP) is 23.3. The predicted molar refractivity (Wildman–Crippen MR) is 347 cm³/mol. The lowest BCUT2D eigenvalue weighted by Crippen LogP contribution is -2.45. The number of hydrogen-bond donors (Lipinski definition) is 3. The monoisotopic (exact) mass is 1110 g/mol. The second kappa shape index (κ2) is 68.8. The van der Waals surface area contributed by atoms with E-state index in [1.165, 1.54) is 321 Å². The first kappa shape index (κ1) is 77.3. The lowest BCUT2D eigenvalue weighted by atomic mass is 10.0. The van der Waals surface area contributed by atoms with Crippen molar-refractivity contribution in [3.05, 3.63) is 24.3 Å². The molecule has 0 saturated heterocycles. The largest absolute Gasteiger partial charge is 0.466 e. The summed E-state index contributed by atoms with van der Waals surface area (Å²) in [5.41, 5.74) is 0. The molecule has 0 aliphatic carbocycles. The van der Waals surface area contributed by atoms with Crippen molar-refractivity contribution in [1.29, 1.82) is 0 Å². The molecule has 0 heterocycles. The number of amides is 1. The number of unbranched alkanes of at least 4 members (excludes halogenated alkanes) is 53. The summed E-state index contributed by atoms with van der Waals surface area (Å²) in [7, 11) is 0. The lowest BCUT2D eigenvalue weighted by molar-refractivity contribution is -0.143. The van der Waals surface area contributed by atoms with Gasteiger partial charge in [-0.3, -0.25) is 9.59 Å². The van der Waals surface area contributed by atoms with E-state index < -0.39 is 12.1 Å². The zero-order valence-electron chi connectivity index (χ0n) is 53.6. The normalized spacial score (nSPS) is 12.6. The quantitative estimate of drug-likeness (QED) is 0.0320. The van der Waals surface area contributed by atoms with E-state index >= 15 is 0 Å². The molecule has 1 amide bonds. The van der Waals surface area contributed by atoms with Gasteiger partial charge < -0.3 is 20.3 Å². The van der Waals surface area contributed by atoms with Crippen LogP contribution in [0.1, 0.15) is 406 Å². The van der Waals surface area contributed by atoms with E-state index in [0.29, 0.717) is 25.9 Å². The van der Waals surface area contributed by atoms with Crippen LogP contribution in [0.2, 0.25) is 0 Å². The molecule has 6 heteroatoms. The maximum atomic E-state index is 12.5. The van der Waals surface area contributed by atoms with Crippen molar-refractivity contribution < 1.29 is 24.5 Å². The maximum Gasteiger partial charge on any atom is 0.305 e. The first-order chi connectivity index (χ1) is 39.0. The highest BCUT2D eigenvalue weighted by molar-refractivity contribution is 5.76. The molecule has 468 valence electrons. The van der Waals surface area contributed by atoms with Gasteiger partial charge in [-0.2, -0.15) is 0 Å². The third kappa shape index (κ3) is 65.4. The Balaban J connectivity index is 3.29. The molecule has 0 aromatic heterocycles. The number of ether oxygens (including phenoxy) is 1. The Labute approximate surface area is 494 Å². The molecular weight excluding hydrogens is 971 g/mol. The smallest absolute Gasteiger partial charge is 0.305 e. The summed E-state index contributed by atoms with van der Waals surface area (Å²) in [6.45, 7) is 4.94. The number of carbonyl (C=O) groups excluding carboxylic acids is 2. The zero-order chi connectivity index (χ0) is 57.1. The van der Waals surface area contributed by atoms with Gasteiger partial charge in [-0.25, -0.2) is 0 Å². The second-order valence-electron chi connectivity index (χ2n) is 24.9. The van der Waals surface area contributed by atoms with Crippen LogP contribution < -0.4 is 5.32 Å². The summed E-state index contributed by atoms with van der Waals surface area (Å²) in [4.78, 5) is 24.5. The zero-order valence-corrected chi connectivity index (χ0v) is 53.6. The van der Waals surface area contributed by atoms with Crippen LogP contribution in [0, 0.1) is 0 Å². The van der Waals surface area contributed by atoms with Crippen molar-refractivity contribution in [1.82, 2.24) is 5.32 Å². The Hall–Kier alpha value is -1.66. The molecule has 0 aliphatic heterocycles. The minimum atomic E-state index is -0.659. The molecule has 0 aromatic rings. The van der Waals surface area contributed by atoms with E-state index in [1.807, 2.05) is 0 Å². The minimum absolute atomic E-state index is 0.00839.